The van der Waals surface area contributed by atoms with Crippen LogP contribution in [0.1, 0.15) is 47.7 Å². The summed E-state index contributed by atoms with van der Waals surface area (Å²) in [7, 11) is 0. The molecule has 0 aliphatic heterocycles. The average Bonchev–Trinajstić information content (AvgIpc) is 2.86. The molecule has 4 nitrogen and oxygen atoms in total. The van der Waals surface area contributed by atoms with E-state index in [4.69, 9.17) is 10.5 Å². The lowest BCUT2D eigenvalue weighted by Crippen LogP contribution is -2.21. The Labute approximate surface area is 137 Å². The van der Waals surface area contributed by atoms with Crippen molar-refractivity contribution in [3.63, 3.8) is 0 Å². The van der Waals surface area contributed by atoms with E-state index in [1.54, 1.807) is 6.07 Å². The Morgan fingerprint density at radius 1 is 1.41 bits per heavy atom. The van der Waals surface area contributed by atoms with Crippen molar-refractivity contribution in [1.29, 1.82) is 0 Å². The maximum absolute atomic E-state index is 12.0. The maximum atomic E-state index is 12.0. The van der Waals surface area contributed by atoms with Crippen molar-refractivity contribution in [1.82, 2.24) is 0 Å². The zero-order valence-electron chi connectivity index (χ0n) is 12.4. The fraction of sp³-hybridized carbons (Fsp3) is 0.412. The Morgan fingerprint density at radius 2 is 2.18 bits per heavy atom. The lowest BCUT2D eigenvalue weighted by atomic mass is 9.84. The monoisotopic (exact) mass is 363 g/mol. The highest BCUT2D eigenvalue weighted by Gasteiger charge is 2.34. The molecule has 3 rings (SSSR count). The fourth-order valence-corrected chi connectivity index (χ4v) is 4.14. The molecule has 0 spiro atoms. The van der Waals surface area contributed by atoms with Gasteiger partial charge in [0.2, 0.25) is 5.91 Å². The fourth-order valence-electron chi connectivity index (χ4n) is 3.53. The number of benzene rings is 1. The molecule has 1 amide bonds. The largest absolute Gasteiger partial charge is 0.466 e. The minimum atomic E-state index is -0.398. The second-order valence-corrected chi connectivity index (χ2v) is 6.62. The van der Waals surface area contributed by atoms with Gasteiger partial charge in [0.25, 0.3) is 0 Å². The Bertz CT molecular complexity index is 693. The van der Waals surface area contributed by atoms with Crippen LogP contribution in [-0.2, 0) is 16.0 Å². The number of allylic oxidation sites excluding steroid dienone is 2. The number of rotatable bonds is 3. The van der Waals surface area contributed by atoms with Gasteiger partial charge in [0, 0.05) is 10.0 Å². The number of fused-ring (bicyclic) bond motifs is 2. The van der Waals surface area contributed by atoms with Gasteiger partial charge in [-0.2, -0.15) is 0 Å². The third kappa shape index (κ3) is 2.47. The molecule has 0 saturated carbocycles. The second-order valence-electron chi connectivity index (χ2n) is 5.76. The van der Waals surface area contributed by atoms with Crippen LogP contribution in [0.25, 0.3) is 5.57 Å². The number of ether oxygens (including phenoxy) is 1. The van der Waals surface area contributed by atoms with Crippen LogP contribution in [0.3, 0.4) is 0 Å². The summed E-state index contributed by atoms with van der Waals surface area (Å²) in [5.74, 6) is -0.575. The first kappa shape index (κ1) is 15.3. The predicted molar refractivity (Wildman–Crippen MR) is 87.3 cm³/mol. The summed E-state index contributed by atoms with van der Waals surface area (Å²) in [6.45, 7) is 2.24. The van der Waals surface area contributed by atoms with Crippen molar-refractivity contribution >= 4 is 33.4 Å². The van der Waals surface area contributed by atoms with Gasteiger partial charge >= 0.3 is 5.97 Å². The van der Waals surface area contributed by atoms with E-state index in [9.17, 15) is 9.59 Å². The number of carbonyl (C=O) groups excluding carboxylic acids is 2. The van der Waals surface area contributed by atoms with E-state index in [-0.39, 0.29) is 11.9 Å². The number of carbonyl (C=O) groups is 2. The minimum Gasteiger partial charge on any atom is -0.466 e. The van der Waals surface area contributed by atoms with Crippen LogP contribution < -0.4 is 5.73 Å². The van der Waals surface area contributed by atoms with Crippen molar-refractivity contribution in [2.45, 2.75) is 32.6 Å². The number of amides is 1. The summed E-state index contributed by atoms with van der Waals surface area (Å²) in [5, 5.41) is 0. The molecule has 1 unspecified atom stereocenters. The molecule has 1 aromatic carbocycles. The number of esters is 1. The molecule has 2 aliphatic carbocycles. The topological polar surface area (TPSA) is 69.4 Å². The van der Waals surface area contributed by atoms with Gasteiger partial charge in [0.05, 0.1) is 12.5 Å². The summed E-state index contributed by atoms with van der Waals surface area (Å²) in [6.07, 6.45) is 3.06. The van der Waals surface area contributed by atoms with Crippen LogP contribution in [0.5, 0.6) is 0 Å². The van der Waals surface area contributed by atoms with E-state index >= 15 is 0 Å². The summed E-state index contributed by atoms with van der Waals surface area (Å²) < 4.78 is 6.14. The molecule has 116 valence electrons. The zero-order chi connectivity index (χ0) is 15.9. The molecule has 5 heteroatoms. The zero-order valence-corrected chi connectivity index (χ0v) is 14.0. The van der Waals surface area contributed by atoms with Crippen LogP contribution in [0.15, 0.2) is 22.2 Å². The van der Waals surface area contributed by atoms with Gasteiger partial charge in [-0.05, 0) is 61.4 Å². The Hall–Kier alpha value is -1.62. The summed E-state index contributed by atoms with van der Waals surface area (Å²) >= 11 is 3.58. The predicted octanol–water partition coefficient (Wildman–Crippen LogP) is 3.22. The molecule has 0 heterocycles. The van der Waals surface area contributed by atoms with Gasteiger partial charge < -0.3 is 10.5 Å². The molecule has 0 fully saturated rings. The van der Waals surface area contributed by atoms with E-state index in [0.29, 0.717) is 25.0 Å². The first-order valence-electron chi connectivity index (χ1n) is 7.52. The van der Waals surface area contributed by atoms with Gasteiger partial charge in [-0.3, -0.25) is 9.59 Å². The molecular formula is C17H18BrNO3. The smallest absolute Gasteiger partial charge is 0.309 e. The van der Waals surface area contributed by atoms with Crippen molar-refractivity contribution in [2.75, 3.05) is 6.61 Å². The normalized spacial score (nSPS) is 19.6. The van der Waals surface area contributed by atoms with Crippen LogP contribution in [0.2, 0.25) is 0 Å². The van der Waals surface area contributed by atoms with Crippen molar-refractivity contribution in [3.8, 4) is 0 Å². The van der Waals surface area contributed by atoms with Crippen LogP contribution >= 0.6 is 15.9 Å². The number of halogens is 1. The highest BCUT2D eigenvalue weighted by Crippen LogP contribution is 2.47. The molecule has 0 aromatic heterocycles. The lowest BCUT2D eigenvalue weighted by molar-refractivity contribution is -0.148. The number of primary amides is 1. The summed E-state index contributed by atoms with van der Waals surface area (Å²) in [4.78, 5) is 23.6. The summed E-state index contributed by atoms with van der Waals surface area (Å²) in [6, 6.07) is 3.65. The highest BCUT2D eigenvalue weighted by atomic mass is 79.9. The molecule has 2 aliphatic rings. The van der Waals surface area contributed by atoms with Crippen LogP contribution in [0.4, 0.5) is 0 Å². The number of hydrogen-bond acceptors (Lipinski definition) is 3. The molecule has 0 bridgehead atoms. The summed E-state index contributed by atoms with van der Waals surface area (Å²) in [5.41, 5.74) is 10.7. The van der Waals surface area contributed by atoms with Crippen molar-refractivity contribution in [3.05, 3.63) is 38.9 Å². The van der Waals surface area contributed by atoms with Gasteiger partial charge in [-0.15, -0.1) is 0 Å². The molecule has 1 atom stereocenters. The molecule has 0 radical (unpaired) electrons. The van der Waals surface area contributed by atoms with Gasteiger partial charge in [-0.25, -0.2) is 0 Å². The van der Waals surface area contributed by atoms with Gasteiger partial charge in [0.15, 0.2) is 0 Å². The Kier molecular flexibility index (Phi) is 4.08. The lowest BCUT2D eigenvalue weighted by Gasteiger charge is -2.22. The van der Waals surface area contributed by atoms with E-state index in [2.05, 4.69) is 15.9 Å². The maximum Gasteiger partial charge on any atom is 0.309 e. The number of nitrogens with two attached hydrogens (primary N) is 1. The molecule has 22 heavy (non-hydrogen) atoms. The quantitative estimate of drug-likeness (QED) is 0.838. The highest BCUT2D eigenvalue weighted by molar-refractivity contribution is 9.10. The third-order valence-electron chi connectivity index (χ3n) is 4.50. The standard InChI is InChI=1S/C17H18BrNO3/c1-2-22-17(21)9-3-4-11-10(7-9)8-13-12(16(19)20)5-6-14(18)15(11)13/h5-6,9H,2-4,7-8H2,1H3,(H2,19,20). The van der Waals surface area contributed by atoms with Gasteiger partial charge in [-0.1, -0.05) is 21.5 Å². The first-order chi connectivity index (χ1) is 10.5. The van der Waals surface area contributed by atoms with E-state index in [1.165, 1.54) is 11.1 Å². The Balaban J connectivity index is 1.93. The minimum absolute atomic E-state index is 0.0659. The van der Waals surface area contributed by atoms with Gasteiger partial charge in [0.1, 0.15) is 0 Å². The van der Waals surface area contributed by atoms with Crippen LogP contribution in [-0.4, -0.2) is 18.5 Å². The van der Waals surface area contributed by atoms with Crippen LogP contribution in [0, 0.1) is 5.92 Å². The van der Waals surface area contributed by atoms with Crippen molar-refractivity contribution in [2.24, 2.45) is 11.7 Å². The SMILES string of the molecule is CCOC(=O)C1CCC2=C(Cc3c(C(N)=O)ccc(Br)c32)C1. The Morgan fingerprint density at radius 3 is 2.86 bits per heavy atom. The molecular weight excluding hydrogens is 346 g/mol. The average molecular weight is 364 g/mol. The second kappa shape index (κ2) is 5.88. The molecule has 1 aromatic rings. The third-order valence-corrected chi connectivity index (χ3v) is 5.16. The van der Waals surface area contributed by atoms with E-state index < -0.39 is 5.91 Å². The van der Waals surface area contributed by atoms with E-state index in [1.807, 2.05) is 13.0 Å². The van der Waals surface area contributed by atoms with Crippen molar-refractivity contribution < 1.29 is 14.3 Å². The first-order valence-corrected chi connectivity index (χ1v) is 8.31. The molecule has 0 saturated heterocycles. The van der Waals surface area contributed by atoms with E-state index in [0.717, 1.165) is 28.4 Å². The molecule has 2 N–H and O–H groups in total. The number of hydrogen-bond donors (Lipinski definition) is 1.